The van der Waals surface area contributed by atoms with Crippen molar-refractivity contribution in [1.82, 2.24) is 9.80 Å². The van der Waals surface area contributed by atoms with Crippen LogP contribution in [-0.4, -0.2) is 80.8 Å². The number of benzene rings is 1. The molecule has 2 aliphatic rings. The van der Waals surface area contributed by atoms with Crippen LogP contribution >= 0.6 is 22.9 Å². The molecule has 1 aromatic carbocycles. The van der Waals surface area contributed by atoms with E-state index in [-0.39, 0.29) is 25.0 Å². The van der Waals surface area contributed by atoms with Gasteiger partial charge in [0, 0.05) is 29.5 Å². The molecule has 1 saturated heterocycles. The van der Waals surface area contributed by atoms with Crippen LogP contribution in [0.1, 0.15) is 27.7 Å². The molecule has 0 unspecified atom stereocenters. The molecule has 12 heteroatoms. The maximum absolute atomic E-state index is 13.6. The first-order valence-electron chi connectivity index (χ1n) is 11.7. The minimum atomic E-state index is -0.399. The van der Waals surface area contributed by atoms with Gasteiger partial charge in [-0.15, -0.1) is 11.3 Å². The predicted molar refractivity (Wildman–Crippen MR) is 137 cm³/mol. The summed E-state index contributed by atoms with van der Waals surface area (Å²) in [5, 5.41) is 6.71. The Labute approximate surface area is 218 Å². The van der Waals surface area contributed by atoms with Crippen LogP contribution in [0.4, 0.5) is 15.5 Å². The van der Waals surface area contributed by atoms with Crippen LogP contribution in [-0.2, 0) is 27.2 Å². The number of hydrogen-bond donors (Lipinski definition) is 2. The van der Waals surface area contributed by atoms with Gasteiger partial charge < -0.3 is 29.7 Å². The Hall–Kier alpha value is -2.86. The van der Waals surface area contributed by atoms with Crippen LogP contribution in [0.15, 0.2) is 18.2 Å². The fourth-order valence-corrected chi connectivity index (χ4v) is 5.64. The summed E-state index contributed by atoms with van der Waals surface area (Å²) in [6, 6.07) is 4.95. The molecular weight excluding hydrogens is 508 g/mol. The first-order valence-corrected chi connectivity index (χ1v) is 12.9. The quantitative estimate of drug-likeness (QED) is 0.558. The van der Waals surface area contributed by atoms with Gasteiger partial charge >= 0.3 is 6.09 Å². The fraction of sp³-hybridized carbons (Fsp3) is 0.458. The van der Waals surface area contributed by atoms with Crippen molar-refractivity contribution in [2.45, 2.75) is 19.9 Å². The Kier molecular flexibility index (Phi) is 8.68. The number of ether oxygens (including phenoxy) is 3. The normalized spacial score (nSPS) is 15.7. The molecule has 2 aliphatic heterocycles. The SMILES string of the molecule is CCOC(=O)N1CCc2c(sc(NC(=O)CN3CCOCC3)c2C(=O)Nc2cc(Cl)ccc2OC)C1. The highest BCUT2D eigenvalue weighted by molar-refractivity contribution is 7.17. The summed E-state index contributed by atoms with van der Waals surface area (Å²) in [5.41, 5.74) is 1.61. The molecule has 0 aliphatic carbocycles. The van der Waals surface area contributed by atoms with Gasteiger partial charge in [0.25, 0.3) is 5.91 Å². The molecule has 0 bridgehead atoms. The first-order chi connectivity index (χ1) is 17.4. The van der Waals surface area contributed by atoms with Crippen molar-refractivity contribution >= 4 is 51.5 Å². The van der Waals surface area contributed by atoms with E-state index in [1.165, 1.54) is 18.4 Å². The van der Waals surface area contributed by atoms with E-state index < -0.39 is 6.09 Å². The molecular formula is C24H29ClN4O6S. The van der Waals surface area contributed by atoms with Crippen molar-refractivity contribution in [3.8, 4) is 5.75 Å². The zero-order chi connectivity index (χ0) is 25.7. The van der Waals surface area contributed by atoms with Gasteiger partial charge in [0.15, 0.2) is 0 Å². The summed E-state index contributed by atoms with van der Waals surface area (Å²) >= 11 is 7.44. The number of fused-ring (bicyclic) bond motifs is 1. The number of carbonyl (C=O) groups is 3. The first kappa shape index (κ1) is 26.2. The second-order valence-electron chi connectivity index (χ2n) is 8.31. The van der Waals surface area contributed by atoms with Gasteiger partial charge in [0.1, 0.15) is 10.8 Å². The topological polar surface area (TPSA) is 109 Å². The van der Waals surface area contributed by atoms with E-state index in [0.29, 0.717) is 72.8 Å². The number of nitrogens with zero attached hydrogens (tertiary/aromatic N) is 2. The smallest absolute Gasteiger partial charge is 0.410 e. The molecule has 0 atom stereocenters. The Morgan fingerprint density at radius 3 is 2.67 bits per heavy atom. The van der Waals surface area contributed by atoms with Crippen LogP contribution in [0.2, 0.25) is 5.02 Å². The van der Waals surface area contributed by atoms with Crippen molar-refractivity contribution < 1.29 is 28.6 Å². The number of carbonyl (C=O) groups excluding carboxylic acids is 3. The third kappa shape index (κ3) is 6.09. The van der Waals surface area contributed by atoms with Gasteiger partial charge in [-0.25, -0.2) is 4.79 Å². The lowest BCUT2D eigenvalue weighted by atomic mass is 10.0. The third-order valence-corrected chi connectivity index (χ3v) is 7.31. The second kappa shape index (κ2) is 11.9. The molecule has 2 N–H and O–H groups in total. The van der Waals surface area contributed by atoms with E-state index in [9.17, 15) is 14.4 Å². The van der Waals surface area contributed by atoms with Gasteiger partial charge in [-0.05, 0) is 37.1 Å². The maximum Gasteiger partial charge on any atom is 0.410 e. The molecule has 10 nitrogen and oxygen atoms in total. The van der Waals surface area contributed by atoms with Crippen molar-refractivity contribution in [2.75, 3.05) is 63.7 Å². The van der Waals surface area contributed by atoms with E-state index >= 15 is 0 Å². The van der Waals surface area contributed by atoms with Crippen molar-refractivity contribution in [3.05, 3.63) is 39.2 Å². The standard InChI is InChI=1S/C24H29ClN4O6S/c1-3-35-24(32)29-7-6-16-19(13-29)36-23(27-20(30)14-28-8-10-34-11-9-28)21(16)22(31)26-17-12-15(25)4-5-18(17)33-2/h4-5,12H,3,6-11,13-14H2,1-2H3,(H,26,31)(H,27,30). The molecule has 3 heterocycles. The molecule has 0 radical (unpaired) electrons. The number of halogens is 1. The number of methoxy groups -OCH3 is 1. The summed E-state index contributed by atoms with van der Waals surface area (Å²) in [5.74, 6) is -0.144. The highest BCUT2D eigenvalue weighted by Gasteiger charge is 2.31. The highest BCUT2D eigenvalue weighted by atomic mass is 35.5. The Morgan fingerprint density at radius 2 is 1.94 bits per heavy atom. The van der Waals surface area contributed by atoms with E-state index in [4.69, 9.17) is 25.8 Å². The van der Waals surface area contributed by atoms with Gasteiger partial charge in [-0.3, -0.25) is 14.5 Å². The van der Waals surface area contributed by atoms with Crippen molar-refractivity contribution in [3.63, 3.8) is 0 Å². The van der Waals surface area contributed by atoms with Crippen molar-refractivity contribution in [2.24, 2.45) is 0 Å². The summed E-state index contributed by atoms with van der Waals surface area (Å²) in [6.07, 6.45) is 0.0588. The summed E-state index contributed by atoms with van der Waals surface area (Å²) < 4.78 is 15.9. The number of nitrogens with one attached hydrogen (secondary N) is 2. The molecule has 3 amide bonds. The third-order valence-electron chi connectivity index (χ3n) is 5.94. The lowest BCUT2D eigenvalue weighted by Crippen LogP contribution is -2.41. The Morgan fingerprint density at radius 1 is 1.17 bits per heavy atom. The van der Waals surface area contributed by atoms with Gasteiger partial charge in [0.05, 0.1) is 51.3 Å². The van der Waals surface area contributed by atoms with Crippen molar-refractivity contribution in [1.29, 1.82) is 0 Å². The average molecular weight is 537 g/mol. The molecule has 1 aromatic heterocycles. The van der Waals surface area contributed by atoms with Gasteiger partial charge in [-0.2, -0.15) is 0 Å². The highest BCUT2D eigenvalue weighted by Crippen LogP contribution is 2.38. The molecule has 0 spiro atoms. The second-order valence-corrected chi connectivity index (χ2v) is 9.86. The number of hydrogen-bond acceptors (Lipinski definition) is 8. The van der Waals surface area contributed by atoms with Crippen LogP contribution in [0, 0.1) is 0 Å². The van der Waals surface area contributed by atoms with Gasteiger partial charge in [-0.1, -0.05) is 11.6 Å². The Bertz CT molecular complexity index is 1130. The average Bonchev–Trinajstić information content (AvgIpc) is 3.21. The number of thiophene rings is 1. The van der Waals surface area contributed by atoms with E-state index in [2.05, 4.69) is 10.6 Å². The molecule has 4 rings (SSSR count). The summed E-state index contributed by atoms with van der Waals surface area (Å²) in [4.78, 5) is 43.2. The predicted octanol–water partition coefficient (Wildman–Crippen LogP) is 3.45. The molecule has 0 saturated carbocycles. The number of anilines is 2. The minimum Gasteiger partial charge on any atom is -0.495 e. The maximum atomic E-state index is 13.6. The van der Waals surface area contributed by atoms with Crippen LogP contribution in [0.3, 0.4) is 0 Å². The van der Waals surface area contributed by atoms with Crippen LogP contribution in [0.5, 0.6) is 5.75 Å². The zero-order valence-electron chi connectivity index (χ0n) is 20.2. The summed E-state index contributed by atoms with van der Waals surface area (Å²) in [7, 11) is 1.51. The monoisotopic (exact) mass is 536 g/mol. The van der Waals surface area contributed by atoms with E-state index in [0.717, 1.165) is 10.4 Å². The lowest BCUT2D eigenvalue weighted by molar-refractivity contribution is -0.118. The number of rotatable bonds is 7. The number of morpholine rings is 1. The fourth-order valence-electron chi connectivity index (χ4n) is 4.19. The molecule has 1 fully saturated rings. The number of amides is 3. The van der Waals surface area contributed by atoms with Crippen LogP contribution < -0.4 is 15.4 Å². The largest absolute Gasteiger partial charge is 0.495 e. The van der Waals surface area contributed by atoms with Crippen LogP contribution in [0.25, 0.3) is 0 Å². The molecule has 2 aromatic rings. The lowest BCUT2D eigenvalue weighted by Gasteiger charge is -2.26. The Balaban J connectivity index is 1.61. The summed E-state index contributed by atoms with van der Waals surface area (Å²) in [6.45, 7) is 5.46. The van der Waals surface area contributed by atoms with E-state index in [1.807, 2.05) is 4.90 Å². The molecule has 36 heavy (non-hydrogen) atoms. The molecule has 194 valence electrons. The van der Waals surface area contributed by atoms with Gasteiger partial charge in [0.2, 0.25) is 5.91 Å². The zero-order valence-corrected chi connectivity index (χ0v) is 21.8. The minimum absolute atomic E-state index is 0.198. The van der Waals surface area contributed by atoms with E-state index in [1.54, 1.807) is 30.0 Å².